The third-order valence-electron chi connectivity index (χ3n) is 3.67. The number of rotatable bonds is 5. The van der Waals surface area contributed by atoms with E-state index in [4.69, 9.17) is 23.2 Å². The first-order valence-electron chi connectivity index (χ1n) is 7.53. The predicted octanol–water partition coefficient (Wildman–Crippen LogP) is 4.65. The first kappa shape index (κ1) is 24.0. The smallest absolute Gasteiger partial charge is 0.373 e. The Labute approximate surface area is 187 Å². The van der Waals surface area contributed by atoms with Gasteiger partial charge in [0.25, 0.3) is 15.9 Å². The van der Waals surface area contributed by atoms with E-state index in [1.165, 1.54) is 12.1 Å². The van der Waals surface area contributed by atoms with Crippen LogP contribution in [0.5, 0.6) is 0 Å². The molecule has 0 bridgehead atoms. The number of sulfonamides is 1. The minimum absolute atomic E-state index is 0.113. The largest absolute Gasteiger partial charge is 0.426 e. The molecule has 0 aliphatic heterocycles. The highest BCUT2D eigenvalue weighted by atomic mass is 127. The Morgan fingerprint density at radius 3 is 2.14 bits per heavy atom. The minimum atomic E-state index is -5.22. The molecule has 13 heteroatoms. The molecule has 0 saturated carbocycles. The highest BCUT2D eigenvalue weighted by Crippen LogP contribution is 2.33. The average molecular weight is 583 g/mol. The monoisotopic (exact) mass is 582 g/mol. The van der Waals surface area contributed by atoms with Crippen LogP contribution in [0.25, 0.3) is 0 Å². The summed E-state index contributed by atoms with van der Waals surface area (Å²) in [5, 5.41) is 11.0. The van der Waals surface area contributed by atoms with Crippen molar-refractivity contribution in [2.45, 2.75) is 23.6 Å². The summed E-state index contributed by atoms with van der Waals surface area (Å²) in [5.41, 5.74) is -3.86. The van der Waals surface area contributed by atoms with Gasteiger partial charge in [0.2, 0.25) is 5.60 Å². The standard InChI is InChI=1S/C16H12Cl2F3IN2O4S/c1-15(26,16(19,20)21)14(25)23-12-5-3-9(7-11(12)18)29(27,28)24-13-4-2-8(22)6-10(13)17/h2-7,24,26H,1H3,(H,23,25). The Morgan fingerprint density at radius 2 is 1.62 bits per heavy atom. The van der Waals surface area contributed by atoms with Crippen LogP contribution in [-0.2, 0) is 14.8 Å². The van der Waals surface area contributed by atoms with Crippen LogP contribution in [-0.4, -0.2) is 31.2 Å². The Balaban J connectivity index is 2.27. The molecule has 2 aromatic rings. The molecule has 6 nitrogen and oxygen atoms in total. The zero-order valence-electron chi connectivity index (χ0n) is 14.3. The van der Waals surface area contributed by atoms with E-state index in [9.17, 15) is 31.5 Å². The zero-order chi connectivity index (χ0) is 22.2. The van der Waals surface area contributed by atoms with Gasteiger partial charge in [-0.25, -0.2) is 8.42 Å². The third-order valence-corrected chi connectivity index (χ3v) is 6.33. The van der Waals surface area contributed by atoms with Crippen molar-refractivity contribution < 1.29 is 31.5 Å². The molecule has 0 saturated heterocycles. The zero-order valence-corrected chi connectivity index (χ0v) is 18.8. The minimum Gasteiger partial charge on any atom is -0.373 e. The Kier molecular flexibility index (Phi) is 7.00. The number of hydrogen-bond acceptors (Lipinski definition) is 4. The van der Waals surface area contributed by atoms with Gasteiger partial charge in [0, 0.05) is 3.57 Å². The number of amides is 1. The van der Waals surface area contributed by atoms with Crippen molar-refractivity contribution in [3.8, 4) is 0 Å². The molecule has 1 amide bonds. The van der Waals surface area contributed by atoms with Crippen molar-refractivity contribution in [1.29, 1.82) is 0 Å². The molecule has 0 aliphatic carbocycles. The summed E-state index contributed by atoms with van der Waals surface area (Å²) in [7, 11) is -4.13. The lowest BCUT2D eigenvalue weighted by molar-refractivity contribution is -0.242. The van der Waals surface area contributed by atoms with Crippen LogP contribution in [0.2, 0.25) is 10.0 Å². The number of aliphatic hydroxyl groups is 1. The van der Waals surface area contributed by atoms with Gasteiger partial charge in [0.15, 0.2) is 0 Å². The van der Waals surface area contributed by atoms with E-state index >= 15 is 0 Å². The van der Waals surface area contributed by atoms with Crippen LogP contribution < -0.4 is 10.0 Å². The predicted molar refractivity (Wildman–Crippen MR) is 112 cm³/mol. The molecule has 1 atom stereocenters. The molecule has 0 aromatic heterocycles. The van der Waals surface area contributed by atoms with E-state index in [0.717, 1.165) is 21.8 Å². The summed E-state index contributed by atoms with van der Waals surface area (Å²) in [6, 6.07) is 7.57. The summed E-state index contributed by atoms with van der Waals surface area (Å²) in [5.74, 6) is -1.77. The summed E-state index contributed by atoms with van der Waals surface area (Å²) >= 11 is 13.9. The van der Waals surface area contributed by atoms with Gasteiger partial charge in [-0.05, 0) is 65.9 Å². The topological polar surface area (TPSA) is 95.5 Å². The second kappa shape index (κ2) is 8.46. The van der Waals surface area contributed by atoms with E-state index in [2.05, 4.69) is 4.72 Å². The number of nitrogens with one attached hydrogen (secondary N) is 2. The number of halogens is 6. The number of benzene rings is 2. The summed E-state index contributed by atoms with van der Waals surface area (Å²) in [4.78, 5) is 11.4. The first-order valence-corrected chi connectivity index (χ1v) is 10.8. The maximum Gasteiger partial charge on any atom is 0.426 e. The van der Waals surface area contributed by atoms with Gasteiger partial charge in [0.1, 0.15) is 0 Å². The number of carbonyl (C=O) groups is 1. The normalized spacial score (nSPS) is 14.2. The lowest BCUT2D eigenvalue weighted by Crippen LogP contribution is -2.52. The van der Waals surface area contributed by atoms with Crippen LogP contribution in [0, 0.1) is 3.57 Å². The van der Waals surface area contributed by atoms with Gasteiger partial charge in [0.05, 0.1) is 26.3 Å². The number of carbonyl (C=O) groups excluding carboxylic acids is 1. The van der Waals surface area contributed by atoms with E-state index in [0.29, 0.717) is 0 Å². The molecule has 0 heterocycles. The highest BCUT2D eigenvalue weighted by Gasteiger charge is 2.55. The molecule has 1 unspecified atom stereocenters. The van der Waals surface area contributed by atoms with E-state index in [1.54, 1.807) is 6.07 Å². The molecule has 158 valence electrons. The Morgan fingerprint density at radius 1 is 1.07 bits per heavy atom. The number of anilines is 2. The van der Waals surface area contributed by atoms with Gasteiger partial charge >= 0.3 is 6.18 Å². The quantitative estimate of drug-likeness (QED) is 0.447. The van der Waals surface area contributed by atoms with Crippen LogP contribution >= 0.6 is 45.8 Å². The molecule has 0 aliphatic rings. The van der Waals surface area contributed by atoms with Crippen LogP contribution in [0.3, 0.4) is 0 Å². The van der Waals surface area contributed by atoms with Gasteiger partial charge in [-0.3, -0.25) is 9.52 Å². The third kappa shape index (κ3) is 5.45. The molecule has 2 rings (SSSR count). The highest BCUT2D eigenvalue weighted by molar-refractivity contribution is 14.1. The number of alkyl halides is 3. The average Bonchev–Trinajstić information content (AvgIpc) is 2.58. The maximum absolute atomic E-state index is 12.7. The maximum atomic E-state index is 12.7. The lowest BCUT2D eigenvalue weighted by Gasteiger charge is -2.25. The van der Waals surface area contributed by atoms with Crippen LogP contribution in [0.4, 0.5) is 24.5 Å². The van der Waals surface area contributed by atoms with E-state index < -0.39 is 27.7 Å². The van der Waals surface area contributed by atoms with E-state index in [1.807, 2.05) is 27.9 Å². The molecular formula is C16H12Cl2F3IN2O4S. The summed E-state index contributed by atoms with van der Waals surface area (Å²) in [6.07, 6.45) is -5.22. The van der Waals surface area contributed by atoms with Crippen molar-refractivity contribution in [1.82, 2.24) is 0 Å². The molecule has 2 aromatic carbocycles. The Bertz CT molecular complexity index is 1060. The SMILES string of the molecule is CC(O)(C(=O)Nc1ccc(S(=O)(=O)Nc2ccc(I)cc2Cl)cc1Cl)C(F)(F)F. The number of hydrogen-bond donors (Lipinski definition) is 3. The van der Waals surface area contributed by atoms with Crippen molar-refractivity contribution in [3.05, 3.63) is 50.0 Å². The van der Waals surface area contributed by atoms with Crippen LogP contribution in [0.1, 0.15) is 6.92 Å². The van der Waals surface area contributed by atoms with Crippen molar-refractivity contribution in [2.75, 3.05) is 10.0 Å². The lowest BCUT2D eigenvalue weighted by atomic mass is 10.1. The van der Waals surface area contributed by atoms with Gasteiger partial charge in [-0.15, -0.1) is 0 Å². The van der Waals surface area contributed by atoms with Gasteiger partial charge in [-0.1, -0.05) is 23.2 Å². The fraction of sp³-hybridized carbons (Fsp3) is 0.188. The van der Waals surface area contributed by atoms with Crippen molar-refractivity contribution in [3.63, 3.8) is 0 Å². The molecule has 0 radical (unpaired) electrons. The van der Waals surface area contributed by atoms with Crippen molar-refractivity contribution >= 4 is 73.1 Å². The van der Waals surface area contributed by atoms with Gasteiger partial charge in [-0.2, -0.15) is 13.2 Å². The fourth-order valence-corrected chi connectivity index (χ4v) is 4.27. The second-order valence-corrected chi connectivity index (χ2v) is 9.64. The summed E-state index contributed by atoms with van der Waals surface area (Å²) in [6.45, 7) is 0.282. The molecular weight excluding hydrogens is 571 g/mol. The first-order chi connectivity index (χ1) is 13.1. The van der Waals surface area contributed by atoms with E-state index in [-0.39, 0.29) is 33.2 Å². The fourth-order valence-electron chi connectivity index (χ4n) is 1.91. The van der Waals surface area contributed by atoms with Crippen molar-refractivity contribution in [2.24, 2.45) is 0 Å². The van der Waals surface area contributed by atoms with Gasteiger partial charge < -0.3 is 10.4 Å². The molecule has 0 spiro atoms. The second-order valence-electron chi connectivity index (χ2n) is 5.90. The Hall–Kier alpha value is -1.28. The molecule has 29 heavy (non-hydrogen) atoms. The molecule has 3 N–H and O–H groups in total. The van der Waals surface area contributed by atoms with Crippen LogP contribution in [0.15, 0.2) is 41.3 Å². The molecule has 0 fully saturated rings. The summed E-state index contributed by atoms with van der Waals surface area (Å²) < 4.78 is 66.3.